The summed E-state index contributed by atoms with van der Waals surface area (Å²) in [6.45, 7) is 0. The zero-order valence-electron chi connectivity index (χ0n) is 19.3. The first-order chi connectivity index (χ1) is 17.6. The first-order valence-electron chi connectivity index (χ1n) is 11.2. The normalized spacial score (nSPS) is 10.6. The number of benzene rings is 3. The number of carbonyl (C=O) groups excluding carboxylic acids is 2. The highest BCUT2D eigenvalue weighted by molar-refractivity contribution is 6.00. The number of amides is 3. The van der Waals surface area contributed by atoms with E-state index in [-0.39, 0.29) is 17.6 Å². The standard InChI is InChI=1S/C27H22N6O3/c1-28-26(34)24-16-21(14-15-29-24)36-20-12-10-19(11-13-20)31-27(35)30-18-8-6-17(7-9-18)25-32-22-4-2-3-5-23(22)33-25/h2-16H,1H3,(H,28,34)(H,32,33)(H2,30,31,35). The van der Waals surface area contributed by atoms with Gasteiger partial charge in [-0.2, -0.15) is 0 Å². The molecule has 0 aliphatic rings. The number of hydrogen-bond acceptors (Lipinski definition) is 5. The first-order valence-corrected chi connectivity index (χ1v) is 11.2. The highest BCUT2D eigenvalue weighted by atomic mass is 16.5. The molecule has 5 aromatic rings. The fourth-order valence-electron chi connectivity index (χ4n) is 3.56. The van der Waals surface area contributed by atoms with Crippen molar-refractivity contribution in [2.24, 2.45) is 0 Å². The van der Waals surface area contributed by atoms with Crippen LogP contribution < -0.4 is 20.7 Å². The number of ether oxygens (including phenoxy) is 1. The van der Waals surface area contributed by atoms with E-state index < -0.39 is 0 Å². The summed E-state index contributed by atoms with van der Waals surface area (Å²) in [6, 6.07) is 25.0. The van der Waals surface area contributed by atoms with Gasteiger partial charge in [-0.25, -0.2) is 9.78 Å². The minimum Gasteiger partial charge on any atom is -0.457 e. The van der Waals surface area contributed by atoms with E-state index in [1.807, 2.05) is 48.5 Å². The summed E-state index contributed by atoms with van der Waals surface area (Å²) < 4.78 is 5.78. The topological polar surface area (TPSA) is 121 Å². The Balaban J connectivity index is 1.18. The van der Waals surface area contributed by atoms with Crippen LogP contribution in [0.1, 0.15) is 10.5 Å². The summed E-state index contributed by atoms with van der Waals surface area (Å²) in [5.74, 6) is 1.51. The summed E-state index contributed by atoms with van der Waals surface area (Å²) in [6.07, 6.45) is 1.50. The molecule has 9 nitrogen and oxygen atoms in total. The van der Waals surface area contributed by atoms with Crippen molar-refractivity contribution in [1.29, 1.82) is 0 Å². The van der Waals surface area contributed by atoms with Crippen LogP contribution in [0.25, 0.3) is 22.4 Å². The molecule has 3 amide bonds. The number of nitrogens with zero attached hydrogens (tertiary/aromatic N) is 2. The van der Waals surface area contributed by atoms with Gasteiger partial charge in [0.1, 0.15) is 23.0 Å². The third kappa shape index (κ3) is 5.15. The molecule has 2 heterocycles. The Morgan fingerprint density at radius 2 is 1.53 bits per heavy atom. The van der Waals surface area contributed by atoms with E-state index in [4.69, 9.17) is 4.74 Å². The average Bonchev–Trinajstić information content (AvgIpc) is 3.34. The SMILES string of the molecule is CNC(=O)c1cc(Oc2ccc(NC(=O)Nc3ccc(-c4nc5ccccc5[nH]4)cc3)cc2)ccn1. The van der Waals surface area contributed by atoms with E-state index in [9.17, 15) is 9.59 Å². The Morgan fingerprint density at radius 3 is 2.22 bits per heavy atom. The summed E-state index contributed by atoms with van der Waals surface area (Å²) in [7, 11) is 1.54. The van der Waals surface area contributed by atoms with Crippen LogP contribution in [0.2, 0.25) is 0 Å². The number of aromatic nitrogens is 3. The number of H-pyrrole nitrogens is 1. The maximum Gasteiger partial charge on any atom is 0.323 e. The zero-order chi connectivity index (χ0) is 24.9. The molecular formula is C27H22N6O3. The number of para-hydroxylation sites is 2. The van der Waals surface area contributed by atoms with Crippen LogP contribution in [0.5, 0.6) is 11.5 Å². The van der Waals surface area contributed by atoms with Gasteiger partial charge >= 0.3 is 6.03 Å². The summed E-state index contributed by atoms with van der Waals surface area (Å²) in [4.78, 5) is 36.1. The van der Waals surface area contributed by atoms with Crippen molar-refractivity contribution in [2.45, 2.75) is 0 Å². The third-order valence-corrected chi connectivity index (χ3v) is 5.34. The van der Waals surface area contributed by atoms with Gasteiger partial charge in [0.15, 0.2) is 0 Å². The highest BCUT2D eigenvalue weighted by Crippen LogP contribution is 2.24. The number of hydrogen-bond donors (Lipinski definition) is 4. The number of aromatic amines is 1. The number of fused-ring (bicyclic) bond motifs is 1. The van der Waals surface area contributed by atoms with E-state index in [0.29, 0.717) is 22.9 Å². The molecule has 0 radical (unpaired) electrons. The molecule has 178 valence electrons. The van der Waals surface area contributed by atoms with Gasteiger partial charge in [-0.3, -0.25) is 9.78 Å². The molecule has 0 saturated heterocycles. The van der Waals surface area contributed by atoms with Crippen molar-refractivity contribution < 1.29 is 14.3 Å². The van der Waals surface area contributed by atoms with E-state index >= 15 is 0 Å². The van der Waals surface area contributed by atoms with Crippen LogP contribution in [0.15, 0.2) is 91.1 Å². The molecule has 2 aromatic heterocycles. The van der Waals surface area contributed by atoms with Gasteiger partial charge in [-0.15, -0.1) is 0 Å². The van der Waals surface area contributed by atoms with Crippen LogP contribution in [0, 0.1) is 0 Å². The molecule has 5 rings (SSSR count). The fourth-order valence-corrected chi connectivity index (χ4v) is 3.56. The molecule has 0 spiro atoms. The quantitative estimate of drug-likeness (QED) is 0.260. The van der Waals surface area contributed by atoms with Crippen LogP contribution in [-0.2, 0) is 0 Å². The van der Waals surface area contributed by atoms with Crippen molar-refractivity contribution in [3.05, 3.63) is 96.8 Å². The van der Waals surface area contributed by atoms with Gasteiger partial charge in [-0.1, -0.05) is 12.1 Å². The second-order valence-corrected chi connectivity index (χ2v) is 7.84. The Morgan fingerprint density at radius 1 is 0.833 bits per heavy atom. The Kier molecular flexibility index (Phi) is 6.27. The molecule has 0 aliphatic heterocycles. The molecule has 0 atom stereocenters. The molecule has 0 unspecified atom stereocenters. The summed E-state index contributed by atoms with van der Waals surface area (Å²) >= 11 is 0. The Labute approximate surface area is 206 Å². The van der Waals surface area contributed by atoms with Gasteiger partial charge in [0, 0.05) is 36.2 Å². The minimum atomic E-state index is -0.371. The van der Waals surface area contributed by atoms with E-state index in [2.05, 4.69) is 30.9 Å². The monoisotopic (exact) mass is 478 g/mol. The zero-order valence-corrected chi connectivity index (χ0v) is 19.3. The lowest BCUT2D eigenvalue weighted by molar-refractivity contribution is 0.0958. The van der Waals surface area contributed by atoms with Crippen molar-refractivity contribution in [2.75, 3.05) is 17.7 Å². The molecule has 0 bridgehead atoms. The van der Waals surface area contributed by atoms with Crippen LogP contribution in [-0.4, -0.2) is 33.9 Å². The van der Waals surface area contributed by atoms with Crippen LogP contribution in [0.4, 0.5) is 16.2 Å². The predicted octanol–water partition coefficient (Wildman–Crippen LogP) is 5.42. The van der Waals surface area contributed by atoms with Crippen LogP contribution >= 0.6 is 0 Å². The van der Waals surface area contributed by atoms with Crippen LogP contribution in [0.3, 0.4) is 0 Å². The molecule has 0 fully saturated rings. The molecule has 4 N–H and O–H groups in total. The van der Waals surface area contributed by atoms with Gasteiger partial charge in [0.25, 0.3) is 5.91 Å². The van der Waals surface area contributed by atoms with Crippen molar-refractivity contribution in [3.8, 4) is 22.9 Å². The fraction of sp³-hybridized carbons (Fsp3) is 0.0370. The van der Waals surface area contributed by atoms with Gasteiger partial charge in [-0.05, 0) is 66.7 Å². The van der Waals surface area contributed by atoms with Gasteiger partial charge in [0.2, 0.25) is 0 Å². The number of urea groups is 1. The van der Waals surface area contributed by atoms with E-state index in [0.717, 1.165) is 22.4 Å². The molecule has 9 heteroatoms. The number of anilines is 2. The number of rotatable bonds is 6. The van der Waals surface area contributed by atoms with E-state index in [1.54, 1.807) is 36.4 Å². The smallest absolute Gasteiger partial charge is 0.323 e. The first kappa shape index (κ1) is 22.6. The lowest BCUT2D eigenvalue weighted by Gasteiger charge is -2.10. The maximum absolute atomic E-state index is 12.4. The molecule has 0 aliphatic carbocycles. The maximum atomic E-state index is 12.4. The lowest BCUT2D eigenvalue weighted by Crippen LogP contribution is -2.19. The van der Waals surface area contributed by atoms with Crippen molar-refractivity contribution >= 4 is 34.3 Å². The summed E-state index contributed by atoms with van der Waals surface area (Å²) in [5, 5.41) is 8.13. The third-order valence-electron chi connectivity index (χ3n) is 5.34. The number of nitrogens with one attached hydrogen (secondary N) is 4. The number of carbonyl (C=O) groups is 2. The number of imidazole rings is 1. The second-order valence-electron chi connectivity index (χ2n) is 7.84. The van der Waals surface area contributed by atoms with Crippen molar-refractivity contribution in [3.63, 3.8) is 0 Å². The second kappa shape index (κ2) is 9.98. The summed E-state index contributed by atoms with van der Waals surface area (Å²) in [5.41, 5.74) is 4.30. The lowest BCUT2D eigenvalue weighted by atomic mass is 10.2. The minimum absolute atomic E-state index is 0.260. The van der Waals surface area contributed by atoms with Crippen molar-refractivity contribution in [1.82, 2.24) is 20.3 Å². The molecule has 36 heavy (non-hydrogen) atoms. The molecule has 3 aromatic carbocycles. The molecule has 0 saturated carbocycles. The predicted molar refractivity (Wildman–Crippen MR) is 138 cm³/mol. The van der Waals surface area contributed by atoms with Gasteiger partial charge < -0.3 is 25.7 Å². The van der Waals surface area contributed by atoms with E-state index in [1.165, 1.54) is 13.2 Å². The Hall–Kier alpha value is -5.18. The average molecular weight is 479 g/mol. The molecular weight excluding hydrogens is 456 g/mol. The highest BCUT2D eigenvalue weighted by Gasteiger charge is 2.09. The van der Waals surface area contributed by atoms with Gasteiger partial charge in [0.05, 0.1) is 11.0 Å². The number of pyridine rings is 1. The Bertz CT molecular complexity index is 1490. The largest absolute Gasteiger partial charge is 0.457 e.